The molecule has 2 fully saturated rings. The van der Waals surface area contributed by atoms with Crippen LogP contribution in [0.2, 0.25) is 0 Å². The molecule has 4 rings (SSSR count). The van der Waals surface area contributed by atoms with E-state index in [1.54, 1.807) is 4.90 Å². The smallest absolute Gasteiger partial charge is 0.242 e. The Bertz CT molecular complexity index is 798. The highest BCUT2D eigenvalue weighted by Gasteiger charge is 2.43. The Hall–Kier alpha value is -2.10. The topological polar surface area (TPSA) is 73.2 Å². The molecule has 1 aromatic rings. The van der Waals surface area contributed by atoms with Gasteiger partial charge in [0, 0.05) is 24.4 Å². The summed E-state index contributed by atoms with van der Waals surface area (Å²) in [5, 5.41) is 12.0. The largest absolute Gasteiger partial charge is 0.325 e. The number of carbonyl (C=O) groups excluding carboxylic acids is 2. The van der Waals surface area contributed by atoms with Gasteiger partial charge in [-0.15, -0.1) is 11.8 Å². The first-order valence-electron chi connectivity index (χ1n) is 8.57. The van der Waals surface area contributed by atoms with Crippen LogP contribution in [0.5, 0.6) is 0 Å². The molecular weight excluding hydrogens is 334 g/mol. The Morgan fingerprint density at radius 1 is 1.32 bits per heavy atom. The molecule has 5 nitrogen and oxygen atoms in total. The first-order valence-corrected chi connectivity index (χ1v) is 9.61. The van der Waals surface area contributed by atoms with Gasteiger partial charge in [0.1, 0.15) is 12.1 Å². The normalized spacial score (nSPS) is 27.7. The minimum absolute atomic E-state index is 0.0391. The SMILES string of the molecule is N#C[C@@H]1CCCN1C(=O)[C@H]1NCSC1C(=O)C1=Cc2ccccc2C1. The third-order valence-corrected chi connectivity index (χ3v) is 6.34. The standard InChI is InChI=1S/C19H19N3O2S/c20-10-15-6-3-7-22(15)19(24)16-18(25-11-21-16)17(23)14-8-12-4-1-2-5-13(12)9-14/h1-2,4-5,8,15-16,18,21H,3,6-7,9,11H2/t15-,16-,18?/m0/s1. The summed E-state index contributed by atoms with van der Waals surface area (Å²) in [6.07, 6.45) is 4.16. The van der Waals surface area contributed by atoms with Crippen LogP contribution >= 0.6 is 11.8 Å². The van der Waals surface area contributed by atoms with E-state index < -0.39 is 11.3 Å². The van der Waals surface area contributed by atoms with Gasteiger partial charge in [-0.25, -0.2) is 0 Å². The molecule has 128 valence electrons. The number of Topliss-reactive ketones (excluding diaryl/α,β-unsaturated/α-hetero) is 1. The van der Waals surface area contributed by atoms with Gasteiger partial charge in [-0.1, -0.05) is 24.3 Å². The Kier molecular flexibility index (Phi) is 4.36. The first-order chi connectivity index (χ1) is 12.2. The molecule has 3 aliphatic rings. The van der Waals surface area contributed by atoms with Crippen LogP contribution in [0.3, 0.4) is 0 Å². The molecule has 0 saturated carbocycles. The summed E-state index contributed by atoms with van der Waals surface area (Å²) in [4.78, 5) is 27.6. The zero-order chi connectivity index (χ0) is 17.4. The maximum Gasteiger partial charge on any atom is 0.242 e. The van der Waals surface area contributed by atoms with E-state index in [-0.39, 0.29) is 17.7 Å². The fraction of sp³-hybridized carbons (Fsp3) is 0.421. The molecule has 6 heteroatoms. The Balaban J connectivity index is 1.51. The monoisotopic (exact) mass is 353 g/mol. The highest BCUT2D eigenvalue weighted by molar-refractivity contribution is 8.00. The number of carbonyl (C=O) groups is 2. The molecule has 2 heterocycles. The van der Waals surface area contributed by atoms with Crippen molar-refractivity contribution in [3.63, 3.8) is 0 Å². The van der Waals surface area contributed by atoms with Crippen molar-refractivity contribution in [2.24, 2.45) is 0 Å². The summed E-state index contributed by atoms with van der Waals surface area (Å²) in [5.41, 5.74) is 3.03. The number of fused-ring (bicyclic) bond motifs is 1. The minimum atomic E-state index is -0.531. The first kappa shape index (κ1) is 16.4. The molecule has 1 unspecified atom stereocenters. The maximum absolute atomic E-state index is 13.0. The Labute approximate surface area is 151 Å². The van der Waals surface area contributed by atoms with Gasteiger partial charge in [0.25, 0.3) is 0 Å². The third kappa shape index (κ3) is 2.88. The number of nitrogens with zero attached hydrogens (tertiary/aromatic N) is 2. The lowest BCUT2D eigenvalue weighted by Crippen LogP contribution is -2.51. The lowest BCUT2D eigenvalue weighted by Gasteiger charge is -2.25. The summed E-state index contributed by atoms with van der Waals surface area (Å²) in [7, 11) is 0. The van der Waals surface area contributed by atoms with Crippen molar-refractivity contribution in [2.75, 3.05) is 12.4 Å². The minimum Gasteiger partial charge on any atom is -0.325 e. The van der Waals surface area contributed by atoms with Gasteiger partial charge in [-0.3, -0.25) is 14.9 Å². The Morgan fingerprint density at radius 3 is 2.96 bits per heavy atom. The van der Waals surface area contributed by atoms with E-state index in [9.17, 15) is 14.9 Å². The van der Waals surface area contributed by atoms with E-state index in [0.29, 0.717) is 18.8 Å². The molecular formula is C19H19N3O2S. The van der Waals surface area contributed by atoms with E-state index in [1.807, 2.05) is 30.3 Å². The summed E-state index contributed by atoms with van der Waals surface area (Å²) in [6.45, 7) is 0.606. The molecule has 25 heavy (non-hydrogen) atoms. The maximum atomic E-state index is 13.0. The number of nitrogens with one attached hydrogen (secondary N) is 1. The number of likely N-dealkylation sites (tertiary alicyclic amines) is 1. The summed E-state index contributed by atoms with van der Waals surface area (Å²) >= 11 is 1.49. The quantitative estimate of drug-likeness (QED) is 0.896. The van der Waals surface area contributed by atoms with Crippen LogP contribution in [0.4, 0.5) is 0 Å². The average Bonchev–Trinajstić information content (AvgIpc) is 3.38. The van der Waals surface area contributed by atoms with Gasteiger partial charge >= 0.3 is 0 Å². The second-order valence-corrected chi connectivity index (χ2v) is 7.77. The highest BCUT2D eigenvalue weighted by atomic mass is 32.2. The lowest BCUT2D eigenvalue weighted by molar-refractivity contribution is -0.134. The Morgan fingerprint density at radius 2 is 2.16 bits per heavy atom. The molecule has 1 amide bonds. The number of allylic oxidation sites excluding steroid dienone is 1. The number of amides is 1. The van der Waals surface area contributed by atoms with Gasteiger partial charge in [-0.2, -0.15) is 5.26 Å². The number of ketones is 1. The van der Waals surface area contributed by atoms with Crippen molar-refractivity contribution in [3.05, 3.63) is 41.0 Å². The van der Waals surface area contributed by atoms with Gasteiger partial charge in [0.15, 0.2) is 5.78 Å². The van der Waals surface area contributed by atoms with Crippen LogP contribution in [-0.4, -0.2) is 46.3 Å². The van der Waals surface area contributed by atoms with Crippen molar-refractivity contribution < 1.29 is 9.59 Å². The average molecular weight is 353 g/mol. The van der Waals surface area contributed by atoms with Gasteiger partial charge < -0.3 is 4.90 Å². The molecule has 0 radical (unpaired) electrons. The van der Waals surface area contributed by atoms with Gasteiger partial charge in [0.05, 0.1) is 11.3 Å². The number of hydrogen-bond acceptors (Lipinski definition) is 5. The summed E-state index contributed by atoms with van der Waals surface area (Å²) < 4.78 is 0. The number of thioether (sulfide) groups is 1. The zero-order valence-electron chi connectivity index (χ0n) is 13.8. The molecule has 0 spiro atoms. The third-order valence-electron chi connectivity index (χ3n) is 5.16. The van der Waals surface area contributed by atoms with Crippen LogP contribution < -0.4 is 5.32 Å². The van der Waals surface area contributed by atoms with E-state index >= 15 is 0 Å². The van der Waals surface area contributed by atoms with Crippen LogP contribution in [0.15, 0.2) is 29.8 Å². The van der Waals surface area contributed by atoms with Crippen LogP contribution in [0.1, 0.15) is 24.0 Å². The predicted octanol–water partition coefficient (Wildman–Crippen LogP) is 1.74. The lowest BCUT2D eigenvalue weighted by atomic mass is 10.0. The number of hydrogen-bond donors (Lipinski definition) is 1. The van der Waals surface area contributed by atoms with E-state index in [2.05, 4.69) is 11.4 Å². The van der Waals surface area contributed by atoms with E-state index in [4.69, 9.17) is 0 Å². The predicted molar refractivity (Wildman–Crippen MR) is 96.6 cm³/mol. The number of benzene rings is 1. The summed E-state index contributed by atoms with van der Waals surface area (Å²) in [6, 6.07) is 9.32. The van der Waals surface area contributed by atoms with E-state index in [0.717, 1.165) is 29.5 Å². The highest BCUT2D eigenvalue weighted by Crippen LogP contribution is 2.32. The van der Waals surface area contributed by atoms with E-state index in [1.165, 1.54) is 11.8 Å². The number of rotatable bonds is 3. The van der Waals surface area contributed by atoms with Gasteiger partial charge in [0.2, 0.25) is 5.91 Å². The molecule has 3 atom stereocenters. The molecule has 1 aliphatic carbocycles. The molecule has 0 aromatic heterocycles. The molecule has 0 bridgehead atoms. The van der Waals surface area contributed by atoms with Crippen molar-refractivity contribution in [1.29, 1.82) is 5.26 Å². The van der Waals surface area contributed by atoms with Crippen LogP contribution in [-0.2, 0) is 16.0 Å². The fourth-order valence-electron chi connectivity index (χ4n) is 3.84. The van der Waals surface area contributed by atoms with Crippen LogP contribution in [0.25, 0.3) is 6.08 Å². The van der Waals surface area contributed by atoms with Crippen molar-refractivity contribution >= 4 is 29.5 Å². The van der Waals surface area contributed by atoms with Crippen molar-refractivity contribution in [1.82, 2.24) is 10.2 Å². The summed E-state index contributed by atoms with van der Waals surface area (Å²) in [5.74, 6) is 0.513. The fourth-order valence-corrected chi connectivity index (χ4v) is 5.00. The molecule has 2 aliphatic heterocycles. The second kappa shape index (κ2) is 6.66. The molecule has 1 aromatic carbocycles. The number of nitriles is 1. The van der Waals surface area contributed by atoms with Crippen LogP contribution in [0, 0.1) is 11.3 Å². The second-order valence-electron chi connectivity index (χ2n) is 6.64. The molecule has 1 N–H and O–H groups in total. The molecule has 2 saturated heterocycles. The van der Waals surface area contributed by atoms with Crippen molar-refractivity contribution in [3.8, 4) is 6.07 Å². The zero-order valence-corrected chi connectivity index (χ0v) is 14.6. The van der Waals surface area contributed by atoms with Crippen molar-refractivity contribution in [2.45, 2.75) is 36.6 Å². The van der Waals surface area contributed by atoms with Gasteiger partial charge in [-0.05, 0) is 30.0 Å².